The van der Waals surface area contributed by atoms with Gasteiger partial charge in [0.25, 0.3) is 0 Å². The van der Waals surface area contributed by atoms with Gasteiger partial charge in [0.05, 0.1) is 5.54 Å². The third-order valence-corrected chi connectivity index (χ3v) is 4.04. The summed E-state index contributed by atoms with van der Waals surface area (Å²) in [7, 11) is 0. The number of hydrogen-bond acceptors (Lipinski definition) is 6. The third-order valence-electron chi connectivity index (χ3n) is 4.04. The molecule has 0 atom stereocenters. The van der Waals surface area contributed by atoms with Gasteiger partial charge in [-0.3, -0.25) is 10.3 Å². The number of nitrogens with two attached hydrogens (primary N) is 1. The van der Waals surface area contributed by atoms with Crippen molar-refractivity contribution in [2.45, 2.75) is 19.4 Å². The van der Waals surface area contributed by atoms with E-state index in [0.717, 1.165) is 11.3 Å². The number of rotatable bonds is 3. The van der Waals surface area contributed by atoms with Crippen molar-refractivity contribution in [2.24, 2.45) is 10.7 Å². The van der Waals surface area contributed by atoms with Crippen LogP contribution in [0.2, 0.25) is 0 Å². The lowest BCUT2D eigenvalue weighted by Crippen LogP contribution is -2.38. The maximum atomic E-state index is 12.3. The number of nitrogens with zero attached hydrogens (tertiary/aromatic N) is 2. The summed E-state index contributed by atoms with van der Waals surface area (Å²) < 4.78 is 5.22. The number of para-hydroxylation sites is 2. The van der Waals surface area contributed by atoms with Crippen LogP contribution in [-0.4, -0.2) is 11.9 Å². The monoisotopic (exact) mass is 361 g/mol. The zero-order chi connectivity index (χ0) is 19.4. The normalized spacial score (nSPS) is 15.2. The molecule has 2 aromatic carbocycles. The minimum absolute atomic E-state index is 0.0704. The van der Waals surface area contributed by atoms with Gasteiger partial charge < -0.3 is 15.8 Å². The SMILES string of the molecule is CC1(C)N=C(C(NC(=O)Oc2ccccc2)=C(N)C#N)Nc2ccccc21. The predicted molar refractivity (Wildman–Crippen MR) is 103 cm³/mol. The Balaban J connectivity index is 1.90. The number of carbonyl (C=O) groups is 1. The first kappa shape index (κ1) is 18.0. The lowest BCUT2D eigenvalue weighted by Gasteiger charge is -2.31. The van der Waals surface area contributed by atoms with Crippen LogP contribution in [0, 0.1) is 11.3 Å². The average molecular weight is 361 g/mol. The molecule has 0 saturated heterocycles. The van der Waals surface area contributed by atoms with Crippen LogP contribution in [0.3, 0.4) is 0 Å². The molecule has 7 heteroatoms. The van der Waals surface area contributed by atoms with Crippen LogP contribution in [0.4, 0.5) is 10.5 Å². The van der Waals surface area contributed by atoms with Crippen LogP contribution in [0.15, 0.2) is 71.0 Å². The van der Waals surface area contributed by atoms with Crippen LogP contribution in [-0.2, 0) is 5.54 Å². The Morgan fingerprint density at radius 2 is 1.85 bits per heavy atom. The molecule has 0 saturated carbocycles. The van der Waals surface area contributed by atoms with Gasteiger partial charge in [0.1, 0.15) is 23.2 Å². The van der Waals surface area contributed by atoms with Gasteiger partial charge in [-0.25, -0.2) is 4.79 Å². The standard InChI is InChI=1S/C20H19N5O2/c1-20(2)14-10-6-7-11-16(14)23-18(25-20)17(15(22)12-21)24-19(26)27-13-8-4-3-5-9-13/h3-11H,22H2,1-2H3,(H,23,25)(H,24,26). The van der Waals surface area contributed by atoms with Crippen molar-refractivity contribution in [3.05, 3.63) is 71.6 Å². The van der Waals surface area contributed by atoms with E-state index < -0.39 is 11.6 Å². The Labute approximate surface area is 157 Å². The Morgan fingerprint density at radius 3 is 2.56 bits per heavy atom. The number of aliphatic imine (C=N–C) groups is 1. The van der Waals surface area contributed by atoms with Crippen LogP contribution in [0.1, 0.15) is 19.4 Å². The van der Waals surface area contributed by atoms with Crippen molar-refractivity contribution in [2.75, 3.05) is 5.32 Å². The Bertz CT molecular complexity index is 971. The summed E-state index contributed by atoms with van der Waals surface area (Å²) in [5.41, 5.74) is 6.97. The van der Waals surface area contributed by atoms with E-state index in [2.05, 4.69) is 15.6 Å². The van der Waals surface area contributed by atoms with E-state index in [1.807, 2.05) is 50.2 Å². The number of allylic oxidation sites excluding steroid dienone is 1. The summed E-state index contributed by atoms with van der Waals surface area (Å²) in [4.78, 5) is 16.9. The first-order valence-electron chi connectivity index (χ1n) is 8.31. The highest BCUT2D eigenvalue weighted by molar-refractivity contribution is 6.11. The fourth-order valence-electron chi connectivity index (χ4n) is 2.77. The van der Waals surface area contributed by atoms with Gasteiger partial charge in [-0.05, 0) is 32.0 Å². The highest BCUT2D eigenvalue weighted by atomic mass is 16.6. The molecule has 0 aliphatic carbocycles. The van der Waals surface area contributed by atoms with Crippen molar-refractivity contribution >= 4 is 17.6 Å². The summed E-state index contributed by atoms with van der Waals surface area (Å²) in [6, 6.07) is 18.1. The molecule has 136 valence electrons. The summed E-state index contributed by atoms with van der Waals surface area (Å²) in [5.74, 6) is 0.664. The molecule has 0 radical (unpaired) electrons. The first-order chi connectivity index (χ1) is 12.9. The van der Waals surface area contributed by atoms with Gasteiger partial charge >= 0.3 is 6.09 Å². The fraction of sp³-hybridized carbons (Fsp3) is 0.150. The number of ether oxygens (including phenoxy) is 1. The first-order valence-corrected chi connectivity index (χ1v) is 8.31. The van der Waals surface area contributed by atoms with Gasteiger partial charge in [-0.1, -0.05) is 36.4 Å². The van der Waals surface area contributed by atoms with Crippen LogP contribution in [0.5, 0.6) is 5.75 Å². The van der Waals surface area contributed by atoms with Gasteiger partial charge in [0.2, 0.25) is 0 Å². The molecule has 3 rings (SSSR count). The molecular weight excluding hydrogens is 342 g/mol. The maximum Gasteiger partial charge on any atom is 0.417 e. The molecule has 2 aromatic rings. The smallest absolute Gasteiger partial charge is 0.410 e. The number of benzene rings is 2. The second kappa shape index (κ2) is 7.22. The molecule has 7 nitrogen and oxygen atoms in total. The number of carbonyl (C=O) groups excluding carboxylic acids is 1. The Kier molecular flexibility index (Phi) is 4.81. The van der Waals surface area contributed by atoms with E-state index in [0.29, 0.717) is 11.6 Å². The molecule has 27 heavy (non-hydrogen) atoms. The number of amides is 1. The van der Waals surface area contributed by atoms with Crippen LogP contribution < -0.4 is 21.1 Å². The fourth-order valence-corrected chi connectivity index (χ4v) is 2.77. The third kappa shape index (κ3) is 3.90. The zero-order valence-corrected chi connectivity index (χ0v) is 15.0. The Hall–Kier alpha value is -3.79. The molecule has 1 amide bonds. The van der Waals surface area contributed by atoms with Crippen LogP contribution in [0.25, 0.3) is 0 Å². The summed E-state index contributed by atoms with van der Waals surface area (Å²) >= 11 is 0. The van der Waals surface area contributed by atoms with Gasteiger partial charge in [0.15, 0.2) is 5.84 Å². The van der Waals surface area contributed by atoms with E-state index in [9.17, 15) is 10.1 Å². The molecule has 0 unspecified atom stereocenters. The molecule has 0 bridgehead atoms. The van der Waals surface area contributed by atoms with E-state index in [1.165, 1.54) is 0 Å². The second-order valence-corrected chi connectivity index (χ2v) is 6.42. The number of amidine groups is 1. The van der Waals surface area contributed by atoms with Crippen molar-refractivity contribution in [3.63, 3.8) is 0 Å². The summed E-state index contributed by atoms with van der Waals surface area (Å²) in [6.45, 7) is 3.88. The summed E-state index contributed by atoms with van der Waals surface area (Å²) in [5, 5.41) is 14.9. The highest BCUT2D eigenvalue weighted by Crippen LogP contribution is 2.35. The van der Waals surface area contributed by atoms with E-state index >= 15 is 0 Å². The Morgan fingerprint density at radius 1 is 1.19 bits per heavy atom. The predicted octanol–water partition coefficient (Wildman–Crippen LogP) is 3.23. The maximum absolute atomic E-state index is 12.3. The van der Waals surface area contributed by atoms with Crippen molar-refractivity contribution in [1.82, 2.24) is 5.32 Å². The van der Waals surface area contributed by atoms with Crippen molar-refractivity contribution in [1.29, 1.82) is 5.26 Å². The van der Waals surface area contributed by atoms with E-state index in [1.54, 1.807) is 24.3 Å². The molecule has 1 heterocycles. The van der Waals surface area contributed by atoms with Crippen LogP contribution >= 0.6 is 0 Å². The summed E-state index contributed by atoms with van der Waals surface area (Å²) in [6.07, 6.45) is -0.768. The molecule has 0 spiro atoms. The molecular formula is C20H19N5O2. The number of fused-ring (bicyclic) bond motifs is 1. The molecule has 1 aliphatic rings. The van der Waals surface area contributed by atoms with Crippen molar-refractivity contribution in [3.8, 4) is 11.8 Å². The van der Waals surface area contributed by atoms with E-state index in [-0.39, 0.29) is 11.4 Å². The average Bonchev–Trinajstić information content (AvgIpc) is 2.66. The van der Waals surface area contributed by atoms with Gasteiger partial charge in [-0.2, -0.15) is 5.26 Å². The minimum Gasteiger partial charge on any atom is -0.410 e. The number of nitrogens with one attached hydrogen (secondary N) is 2. The molecule has 0 fully saturated rings. The number of anilines is 1. The number of nitriles is 1. The topological polar surface area (TPSA) is 113 Å². The molecule has 0 aromatic heterocycles. The largest absolute Gasteiger partial charge is 0.417 e. The van der Waals surface area contributed by atoms with Gasteiger partial charge in [-0.15, -0.1) is 0 Å². The zero-order valence-electron chi connectivity index (χ0n) is 15.0. The van der Waals surface area contributed by atoms with Crippen molar-refractivity contribution < 1.29 is 9.53 Å². The lowest BCUT2D eigenvalue weighted by atomic mass is 9.91. The minimum atomic E-state index is -0.768. The second-order valence-electron chi connectivity index (χ2n) is 6.42. The highest BCUT2D eigenvalue weighted by Gasteiger charge is 2.30. The number of hydrogen-bond donors (Lipinski definition) is 3. The quantitative estimate of drug-likeness (QED) is 0.727. The van der Waals surface area contributed by atoms with Gasteiger partial charge in [0, 0.05) is 11.3 Å². The lowest BCUT2D eigenvalue weighted by molar-refractivity contribution is 0.204. The molecule has 1 aliphatic heterocycles. The van der Waals surface area contributed by atoms with E-state index in [4.69, 9.17) is 10.5 Å². The molecule has 4 N–H and O–H groups in total.